The average Bonchev–Trinajstić information content (AvgIpc) is 2.57. The number of aliphatic carboxylic acids is 1. The summed E-state index contributed by atoms with van der Waals surface area (Å²) in [5.41, 5.74) is 1.21. The van der Waals surface area contributed by atoms with Gasteiger partial charge in [0, 0.05) is 18.5 Å². The fourth-order valence-electron chi connectivity index (χ4n) is 2.44. The van der Waals surface area contributed by atoms with Crippen molar-refractivity contribution in [1.82, 2.24) is 4.90 Å². The van der Waals surface area contributed by atoms with Crippen LogP contribution in [-0.4, -0.2) is 39.6 Å². The predicted octanol–water partition coefficient (Wildman–Crippen LogP) is 2.55. The van der Waals surface area contributed by atoms with Crippen LogP contribution in [-0.2, 0) is 11.2 Å². The SMILES string of the molecule is CCN(C(=O)c1ccccc1)C(Cc1ccc(O)cc1)C(=O)O. The third-order valence-electron chi connectivity index (χ3n) is 3.65. The standard InChI is InChI=1S/C18H19NO4/c1-2-19(17(21)14-6-4-3-5-7-14)16(18(22)23)12-13-8-10-15(20)11-9-13/h3-11,16,20H,2,12H2,1H3,(H,22,23). The van der Waals surface area contributed by atoms with Gasteiger partial charge < -0.3 is 15.1 Å². The van der Waals surface area contributed by atoms with Gasteiger partial charge in [-0.3, -0.25) is 4.79 Å². The summed E-state index contributed by atoms with van der Waals surface area (Å²) in [6, 6.07) is 14.0. The number of hydrogen-bond acceptors (Lipinski definition) is 3. The molecule has 5 heteroatoms. The summed E-state index contributed by atoms with van der Waals surface area (Å²) in [7, 11) is 0. The molecule has 0 heterocycles. The summed E-state index contributed by atoms with van der Waals surface area (Å²) >= 11 is 0. The molecule has 2 aromatic carbocycles. The highest BCUT2D eigenvalue weighted by atomic mass is 16.4. The normalized spacial score (nSPS) is 11.7. The van der Waals surface area contributed by atoms with Crippen LogP contribution in [0.25, 0.3) is 0 Å². The smallest absolute Gasteiger partial charge is 0.326 e. The second-order valence-electron chi connectivity index (χ2n) is 5.18. The van der Waals surface area contributed by atoms with Crippen LogP contribution in [0.15, 0.2) is 54.6 Å². The molecular formula is C18H19NO4. The van der Waals surface area contributed by atoms with Crippen molar-refractivity contribution < 1.29 is 19.8 Å². The first-order chi connectivity index (χ1) is 11.0. The lowest BCUT2D eigenvalue weighted by Gasteiger charge is -2.28. The van der Waals surface area contributed by atoms with E-state index in [-0.39, 0.29) is 18.1 Å². The number of carboxylic acids is 1. The van der Waals surface area contributed by atoms with Gasteiger partial charge in [0.15, 0.2) is 0 Å². The Labute approximate surface area is 134 Å². The maximum atomic E-state index is 12.6. The fraction of sp³-hybridized carbons (Fsp3) is 0.222. The van der Waals surface area contributed by atoms with Crippen LogP contribution in [0.1, 0.15) is 22.8 Å². The summed E-state index contributed by atoms with van der Waals surface area (Å²) < 4.78 is 0. The van der Waals surface area contributed by atoms with Gasteiger partial charge in [0.1, 0.15) is 11.8 Å². The molecule has 0 spiro atoms. The van der Waals surface area contributed by atoms with E-state index in [1.165, 1.54) is 17.0 Å². The van der Waals surface area contributed by atoms with Gasteiger partial charge in [-0.2, -0.15) is 0 Å². The van der Waals surface area contributed by atoms with Crippen molar-refractivity contribution in [3.63, 3.8) is 0 Å². The maximum Gasteiger partial charge on any atom is 0.326 e. The van der Waals surface area contributed by atoms with Crippen molar-refractivity contribution in [2.75, 3.05) is 6.54 Å². The number of amides is 1. The molecule has 23 heavy (non-hydrogen) atoms. The van der Waals surface area contributed by atoms with Crippen molar-refractivity contribution in [1.29, 1.82) is 0 Å². The molecule has 0 radical (unpaired) electrons. The number of hydrogen-bond donors (Lipinski definition) is 2. The summed E-state index contributed by atoms with van der Waals surface area (Å²) in [4.78, 5) is 25.6. The van der Waals surface area contributed by atoms with E-state index in [1.54, 1.807) is 49.4 Å². The van der Waals surface area contributed by atoms with Gasteiger partial charge in [0.2, 0.25) is 0 Å². The molecule has 0 aliphatic heterocycles. The number of carboxylic acid groups (broad SMARTS) is 1. The van der Waals surface area contributed by atoms with Gasteiger partial charge in [0.05, 0.1) is 0 Å². The molecule has 2 N–H and O–H groups in total. The zero-order chi connectivity index (χ0) is 16.8. The lowest BCUT2D eigenvalue weighted by atomic mass is 10.0. The molecule has 0 saturated carbocycles. The number of phenols is 1. The topological polar surface area (TPSA) is 77.8 Å². The minimum Gasteiger partial charge on any atom is -0.508 e. The Balaban J connectivity index is 2.25. The van der Waals surface area contributed by atoms with Gasteiger partial charge in [-0.15, -0.1) is 0 Å². The monoisotopic (exact) mass is 313 g/mol. The van der Waals surface area contributed by atoms with E-state index in [1.807, 2.05) is 0 Å². The van der Waals surface area contributed by atoms with Crippen LogP contribution in [0.2, 0.25) is 0 Å². The summed E-state index contributed by atoms with van der Waals surface area (Å²) in [5.74, 6) is -1.24. The summed E-state index contributed by atoms with van der Waals surface area (Å²) in [5, 5.41) is 18.9. The lowest BCUT2D eigenvalue weighted by molar-refractivity contribution is -0.142. The third kappa shape index (κ3) is 4.10. The molecule has 0 bridgehead atoms. The Kier molecular flexibility index (Phi) is 5.36. The molecule has 1 atom stereocenters. The van der Waals surface area contributed by atoms with Crippen LogP contribution in [0, 0.1) is 0 Å². The number of carbonyl (C=O) groups is 2. The van der Waals surface area contributed by atoms with E-state index in [0.717, 1.165) is 5.56 Å². The van der Waals surface area contributed by atoms with Crippen LogP contribution < -0.4 is 0 Å². The fourth-order valence-corrected chi connectivity index (χ4v) is 2.44. The molecule has 0 saturated heterocycles. The highest BCUT2D eigenvalue weighted by Crippen LogP contribution is 2.16. The first-order valence-corrected chi connectivity index (χ1v) is 7.39. The Hall–Kier alpha value is -2.82. The van der Waals surface area contributed by atoms with Crippen LogP contribution in [0.4, 0.5) is 0 Å². The molecule has 1 amide bonds. The molecular weight excluding hydrogens is 294 g/mol. The van der Waals surface area contributed by atoms with Gasteiger partial charge in [-0.05, 0) is 36.8 Å². The highest BCUT2D eigenvalue weighted by Gasteiger charge is 2.29. The highest BCUT2D eigenvalue weighted by molar-refractivity contribution is 5.96. The third-order valence-corrected chi connectivity index (χ3v) is 3.65. The minimum atomic E-state index is -1.05. The zero-order valence-corrected chi connectivity index (χ0v) is 12.8. The summed E-state index contributed by atoms with van der Waals surface area (Å²) in [6.45, 7) is 2.05. The van der Waals surface area contributed by atoms with Crippen LogP contribution in [0.5, 0.6) is 5.75 Å². The largest absolute Gasteiger partial charge is 0.508 e. The second kappa shape index (κ2) is 7.45. The van der Waals surface area contributed by atoms with Crippen molar-refractivity contribution in [3.8, 4) is 5.75 Å². The molecule has 0 aliphatic rings. The first kappa shape index (κ1) is 16.5. The average molecular weight is 313 g/mol. The lowest BCUT2D eigenvalue weighted by Crippen LogP contribution is -2.46. The Morgan fingerprint density at radius 3 is 2.17 bits per heavy atom. The minimum absolute atomic E-state index is 0.119. The van der Waals surface area contributed by atoms with Gasteiger partial charge in [-0.25, -0.2) is 4.79 Å². The van der Waals surface area contributed by atoms with Crippen molar-refractivity contribution in [2.24, 2.45) is 0 Å². The Morgan fingerprint density at radius 2 is 1.65 bits per heavy atom. The van der Waals surface area contributed by atoms with E-state index in [0.29, 0.717) is 12.1 Å². The Morgan fingerprint density at radius 1 is 1.04 bits per heavy atom. The molecule has 0 fully saturated rings. The van der Waals surface area contributed by atoms with Crippen LogP contribution in [0.3, 0.4) is 0 Å². The Bertz CT molecular complexity index is 667. The van der Waals surface area contributed by atoms with E-state index in [2.05, 4.69) is 0 Å². The van der Waals surface area contributed by atoms with Gasteiger partial charge in [-0.1, -0.05) is 30.3 Å². The molecule has 2 aromatic rings. The number of rotatable bonds is 6. The molecule has 1 unspecified atom stereocenters. The maximum absolute atomic E-state index is 12.6. The van der Waals surface area contributed by atoms with Gasteiger partial charge in [0.25, 0.3) is 5.91 Å². The predicted molar refractivity (Wildman–Crippen MR) is 86.4 cm³/mol. The van der Waals surface area contributed by atoms with Crippen LogP contribution >= 0.6 is 0 Å². The van der Waals surface area contributed by atoms with E-state index < -0.39 is 12.0 Å². The first-order valence-electron chi connectivity index (χ1n) is 7.39. The number of carbonyl (C=O) groups excluding carboxylic acids is 1. The molecule has 120 valence electrons. The number of aromatic hydroxyl groups is 1. The van der Waals surface area contributed by atoms with Crippen molar-refractivity contribution in [3.05, 3.63) is 65.7 Å². The number of benzene rings is 2. The van der Waals surface area contributed by atoms with E-state index in [4.69, 9.17) is 0 Å². The molecule has 2 rings (SSSR count). The number of nitrogens with zero attached hydrogens (tertiary/aromatic N) is 1. The van der Waals surface area contributed by atoms with E-state index >= 15 is 0 Å². The van der Waals surface area contributed by atoms with Crippen molar-refractivity contribution in [2.45, 2.75) is 19.4 Å². The summed E-state index contributed by atoms with van der Waals surface area (Å²) in [6.07, 6.45) is 0.183. The molecule has 5 nitrogen and oxygen atoms in total. The zero-order valence-electron chi connectivity index (χ0n) is 12.8. The quantitative estimate of drug-likeness (QED) is 0.859. The van der Waals surface area contributed by atoms with E-state index in [9.17, 15) is 19.8 Å². The molecule has 0 aliphatic carbocycles. The van der Waals surface area contributed by atoms with Crippen molar-refractivity contribution >= 4 is 11.9 Å². The second-order valence-corrected chi connectivity index (χ2v) is 5.18. The van der Waals surface area contributed by atoms with Gasteiger partial charge >= 0.3 is 5.97 Å². The molecule has 0 aromatic heterocycles. The number of phenolic OH excluding ortho intramolecular Hbond substituents is 1. The number of likely N-dealkylation sites (N-methyl/N-ethyl adjacent to an activating group) is 1.